The number of esters is 1. The number of allylic oxidation sites excluding steroid dienone is 1. The summed E-state index contributed by atoms with van der Waals surface area (Å²) in [6.07, 6.45) is 0.884. The monoisotopic (exact) mass is 256 g/mol. The standard InChI is InChI=1S/C16H16O3/c1-10-12(17)8-9-16(2)13(10)15(18)19-14(16)11-6-4-3-5-7-11/h3-7,14H,8-9H2,1-2H3/t14-,16-/m1/s1. The van der Waals surface area contributed by atoms with Crippen LogP contribution in [0.25, 0.3) is 0 Å². The van der Waals surface area contributed by atoms with Gasteiger partial charge in [0, 0.05) is 17.4 Å². The molecule has 1 aromatic carbocycles. The minimum atomic E-state index is -0.379. The van der Waals surface area contributed by atoms with Crippen molar-refractivity contribution in [2.45, 2.75) is 32.8 Å². The van der Waals surface area contributed by atoms with E-state index in [4.69, 9.17) is 4.74 Å². The number of hydrogen-bond acceptors (Lipinski definition) is 3. The lowest BCUT2D eigenvalue weighted by Crippen LogP contribution is -2.30. The van der Waals surface area contributed by atoms with Crippen LogP contribution in [0.3, 0.4) is 0 Å². The van der Waals surface area contributed by atoms with Crippen molar-refractivity contribution in [3.8, 4) is 0 Å². The van der Waals surface area contributed by atoms with Gasteiger partial charge >= 0.3 is 5.97 Å². The zero-order valence-electron chi connectivity index (χ0n) is 11.1. The van der Waals surface area contributed by atoms with Gasteiger partial charge in [-0.2, -0.15) is 0 Å². The van der Waals surface area contributed by atoms with Crippen LogP contribution in [0.5, 0.6) is 0 Å². The van der Waals surface area contributed by atoms with Crippen LogP contribution in [0.1, 0.15) is 38.4 Å². The van der Waals surface area contributed by atoms with Gasteiger partial charge in [-0.05, 0) is 18.9 Å². The number of hydrogen-bond donors (Lipinski definition) is 0. The average Bonchev–Trinajstić information content (AvgIpc) is 2.68. The SMILES string of the molecule is CC1=C2C(=O)O[C@H](c3ccccc3)[C@]2(C)CCC1=O. The van der Waals surface area contributed by atoms with E-state index in [1.807, 2.05) is 37.3 Å². The topological polar surface area (TPSA) is 43.4 Å². The Morgan fingerprint density at radius 1 is 1.21 bits per heavy atom. The molecule has 0 unspecified atom stereocenters. The lowest BCUT2D eigenvalue weighted by molar-refractivity contribution is -0.140. The molecule has 0 radical (unpaired) electrons. The van der Waals surface area contributed by atoms with E-state index in [-0.39, 0.29) is 23.3 Å². The van der Waals surface area contributed by atoms with E-state index in [2.05, 4.69) is 0 Å². The van der Waals surface area contributed by atoms with Crippen molar-refractivity contribution >= 4 is 11.8 Å². The van der Waals surface area contributed by atoms with Gasteiger partial charge in [0.15, 0.2) is 5.78 Å². The highest BCUT2D eigenvalue weighted by Gasteiger charge is 2.53. The van der Waals surface area contributed by atoms with E-state index < -0.39 is 0 Å². The number of ether oxygens (including phenoxy) is 1. The van der Waals surface area contributed by atoms with Crippen molar-refractivity contribution in [1.82, 2.24) is 0 Å². The van der Waals surface area contributed by atoms with Crippen LogP contribution in [-0.2, 0) is 14.3 Å². The highest BCUT2D eigenvalue weighted by atomic mass is 16.6. The van der Waals surface area contributed by atoms with Gasteiger partial charge in [0.25, 0.3) is 0 Å². The number of carbonyl (C=O) groups excluding carboxylic acids is 2. The minimum Gasteiger partial charge on any atom is -0.453 e. The van der Waals surface area contributed by atoms with Crippen LogP contribution in [0.2, 0.25) is 0 Å². The molecule has 1 saturated heterocycles. The summed E-state index contributed by atoms with van der Waals surface area (Å²) in [6.45, 7) is 3.77. The molecule has 98 valence electrons. The third kappa shape index (κ3) is 1.65. The van der Waals surface area contributed by atoms with Crippen molar-refractivity contribution in [3.63, 3.8) is 0 Å². The Balaban J connectivity index is 2.13. The van der Waals surface area contributed by atoms with Crippen LogP contribution < -0.4 is 0 Å². The van der Waals surface area contributed by atoms with E-state index >= 15 is 0 Å². The molecule has 2 aliphatic rings. The lowest BCUT2D eigenvalue weighted by Gasteiger charge is -2.33. The Bertz CT molecular complexity index is 585. The second-order valence-electron chi connectivity index (χ2n) is 5.54. The Morgan fingerprint density at radius 2 is 1.89 bits per heavy atom. The van der Waals surface area contributed by atoms with Gasteiger partial charge in [-0.1, -0.05) is 37.3 Å². The third-order valence-electron chi connectivity index (χ3n) is 4.35. The second kappa shape index (κ2) is 4.05. The summed E-state index contributed by atoms with van der Waals surface area (Å²) in [5.74, 6) is -0.264. The molecule has 2 atom stereocenters. The molecule has 3 nitrogen and oxygen atoms in total. The first-order valence-electron chi connectivity index (χ1n) is 6.54. The summed E-state index contributed by atoms with van der Waals surface area (Å²) in [4.78, 5) is 23.9. The van der Waals surface area contributed by atoms with E-state index in [0.29, 0.717) is 24.0 Å². The predicted octanol–water partition coefficient (Wildman–Crippen LogP) is 2.97. The fourth-order valence-corrected chi connectivity index (χ4v) is 3.26. The van der Waals surface area contributed by atoms with E-state index in [1.165, 1.54) is 0 Å². The van der Waals surface area contributed by atoms with Crippen LogP contribution in [0.15, 0.2) is 41.5 Å². The molecule has 3 rings (SSSR count). The normalized spacial score (nSPS) is 30.3. The average molecular weight is 256 g/mol. The Labute approximate surface area is 112 Å². The molecule has 0 bridgehead atoms. The first kappa shape index (κ1) is 12.2. The summed E-state index contributed by atoms with van der Waals surface area (Å²) in [7, 11) is 0. The first-order valence-corrected chi connectivity index (χ1v) is 6.54. The maximum absolute atomic E-state index is 12.1. The highest BCUT2D eigenvalue weighted by molar-refractivity contribution is 6.06. The van der Waals surface area contributed by atoms with Crippen molar-refractivity contribution in [3.05, 3.63) is 47.0 Å². The predicted molar refractivity (Wildman–Crippen MR) is 70.3 cm³/mol. The molecule has 1 heterocycles. The fourth-order valence-electron chi connectivity index (χ4n) is 3.26. The van der Waals surface area contributed by atoms with E-state index in [9.17, 15) is 9.59 Å². The quantitative estimate of drug-likeness (QED) is 0.725. The summed E-state index contributed by atoms with van der Waals surface area (Å²) in [5, 5.41) is 0. The minimum absolute atomic E-state index is 0.0677. The van der Waals surface area contributed by atoms with Gasteiger partial charge in [0.2, 0.25) is 0 Å². The molecule has 3 heteroatoms. The van der Waals surface area contributed by atoms with Gasteiger partial charge in [0.05, 0.1) is 5.57 Å². The number of fused-ring (bicyclic) bond motifs is 1. The van der Waals surface area contributed by atoms with Gasteiger partial charge < -0.3 is 4.74 Å². The van der Waals surface area contributed by atoms with Crippen LogP contribution >= 0.6 is 0 Å². The first-order chi connectivity index (χ1) is 9.04. The highest BCUT2D eigenvalue weighted by Crippen LogP contribution is 2.55. The Morgan fingerprint density at radius 3 is 2.58 bits per heavy atom. The number of ketones is 1. The lowest BCUT2D eigenvalue weighted by atomic mass is 9.68. The van der Waals surface area contributed by atoms with Gasteiger partial charge in [-0.25, -0.2) is 4.79 Å². The molecule has 1 aliphatic carbocycles. The Kier molecular flexibility index (Phi) is 2.59. The third-order valence-corrected chi connectivity index (χ3v) is 4.35. The van der Waals surface area contributed by atoms with Crippen molar-refractivity contribution in [2.24, 2.45) is 5.41 Å². The smallest absolute Gasteiger partial charge is 0.335 e. The molecule has 0 N–H and O–H groups in total. The summed E-state index contributed by atoms with van der Waals surface area (Å²) in [5.41, 5.74) is 1.78. The van der Waals surface area contributed by atoms with Crippen LogP contribution in [0, 0.1) is 5.41 Å². The molecule has 0 spiro atoms. The van der Waals surface area contributed by atoms with Gasteiger partial charge in [-0.3, -0.25) is 4.79 Å². The number of cyclic esters (lactones) is 1. The maximum Gasteiger partial charge on any atom is 0.335 e. The molecule has 0 aromatic heterocycles. The number of Topliss-reactive ketones (excluding diaryl/α,β-unsaturated/α-hetero) is 1. The largest absolute Gasteiger partial charge is 0.453 e. The molecule has 19 heavy (non-hydrogen) atoms. The number of carbonyl (C=O) groups is 2. The molecular weight excluding hydrogens is 240 g/mol. The van der Waals surface area contributed by atoms with Crippen molar-refractivity contribution < 1.29 is 14.3 Å². The molecule has 0 saturated carbocycles. The second-order valence-corrected chi connectivity index (χ2v) is 5.54. The van der Waals surface area contributed by atoms with E-state index in [0.717, 1.165) is 5.56 Å². The summed E-state index contributed by atoms with van der Waals surface area (Å²) >= 11 is 0. The number of rotatable bonds is 1. The summed E-state index contributed by atoms with van der Waals surface area (Å²) in [6, 6.07) is 9.76. The molecular formula is C16H16O3. The van der Waals surface area contributed by atoms with Gasteiger partial charge in [-0.15, -0.1) is 0 Å². The van der Waals surface area contributed by atoms with Crippen LogP contribution in [-0.4, -0.2) is 11.8 Å². The molecule has 1 aromatic rings. The molecule has 1 aliphatic heterocycles. The van der Waals surface area contributed by atoms with Crippen LogP contribution in [0.4, 0.5) is 0 Å². The molecule has 0 amide bonds. The van der Waals surface area contributed by atoms with Crippen molar-refractivity contribution in [1.29, 1.82) is 0 Å². The van der Waals surface area contributed by atoms with Gasteiger partial charge in [0.1, 0.15) is 6.10 Å². The summed E-state index contributed by atoms with van der Waals surface area (Å²) < 4.78 is 5.57. The maximum atomic E-state index is 12.1. The zero-order chi connectivity index (χ0) is 13.6. The van der Waals surface area contributed by atoms with Crippen molar-refractivity contribution in [2.75, 3.05) is 0 Å². The zero-order valence-corrected chi connectivity index (χ0v) is 11.1. The Hall–Kier alpha value is -1.90. The number of benzene rings is 1. The fraction of sp³-hybridized carbons (Fsp3) is 0.375. The molecule has 1 fully saturated rings. The van der Waals surface area contributed by atoms with E-state index in [1.54, 1.807) is 6.92 Å².